The molecule has 0 aliphatic carbocycles. The summed E-state index contributed by atoms with van der Waals surface area (Å²) in [5, 5.41) is 8.87. The maximum Gasteiger partial charge on any atom is 0.240 e. The number of hydrogen-bond acceptors (Lipinski definition) is 5. The number of ether oxygens (including phenoxy) is 1. The third kappa shape index (κ3) is 4.66. The Hall–Kier alpha value is -3.65. The number of para-hydroxylation sites is 3. The number of amides is 1. The van der Waals surface area contributed by atoms with Crippen molar-refractivity contribution in [3.63, 3.8) is 0 Å². The van der Waals surface area contributed by atoms with Crippen molar-refractivity contribution in [3.05, 3.63) is 96.1 Å². The van der Waals surface area contributed by atoms with Crippen molar-refractivity contribution in [1.29, 1.82) is 0 Å². The summed E-state index contributed by atoms with van der Waals surface area (Å²) in [6, 6.07) is 24.0. The van der Waals surface area contributed by atoms with Crippen molar-refractivity contribution in [2.45, 2.75) is 43.3 Å². The number of thioether (sulfide) groups is 1. The first kappa shape index (κ1) is 23.1. The van der Waals surface area contributed by atoms with Gasteiger partial charge < -0.3 is 9.64 Å². The van der Waals surface area contributed by atoms with Crippen LogP contribution >= 0.6 is 11.8 Å². The summed E-state index contributed by atoms with van der Waals surface area (Å²) in [4.78, 5) is 15.4. The molecule has 0 N–H and O–H groups in total. The minimum Gasteiger partial charge on any atom is -0.483 e. The number of halogens is 1. The van der Waals surface area contributed by atoms with Crippen LogP contribution in [0.1, 0.15) is 25.2 Å². The smallest absolute Gasteiger partial charge is 0.240 e. The van der Waals surface area contributed by atoms with Crippen molar-refractivity contribution in [3.8, 4) is 11.4 Å². The van der Waals surface area contributed by atoms with Gasteiger partial charge in [0.1, 0.15) is 6.61 Å². The molecule has 5 rings (SSSR count). The highest BCUT2D eigenvalue weighted by Crippen LogP contribution is 2.35. The second-order valence-corrected chi connectivity index (χ2v) is 9.75. The lowest BCUT2D eigenvalue weighted by Crippen LogP contribution is -2.40. The van der Waals surface area contributed by atoms with Crippen molar-refractivity contribution in [2.24, 2.45) is 0 Å². The van der Waals surface area contributed by atoms with Crippen LogP contribution in [-0.2, 0) is 17.8 Å². The number of carbonyl (C=O) groups is 1. The molecule has 2 heterocycles. The number of rotatable bonds is 7. The Labute approximate surface area is 207 Å². The van der Waals surface area contributed by atoms with E-state index in [4.69, 9.17) is 4.74 Å². The second kappa shape index (κ2) is 9.92. The van der Waals surface area contributed by atoms with Gasteiger partial charge in [-0.25, -0.2) is 4.39 Å². The summed E-state index contributed by atoms with van der Waals surface area (Å²) < 4.78 is 21.6. The van der Waals surface area contributed by atoms with Crippen LogP contribution in [0.15, 0.2) is 84.0 Å². The summed E-state index contributed by atoms with van der Waals surface area (Å²) in [7, 11) is 0. The van der Waals surface area contributed by atoms with Crippen LogP contribution in [0.3, 0.4) is 0 Å². The van der Waals surface area contributed by atoms with Crippen LogP contribution in [0.25, 0.3) is 5.69 Å². The Balaban J connectivity index is 1.40. The summed E-state index contributed by atoms with van der Waals surface area (Å²) in [6.45, 7) is 3.99. The van der Waals surface area contributed by atoms with Crippen LogP contribution < -0.4 is 9.64 Å². The molecule has 0 bridgehead atoms. The maximum absolute atomic E-state index is 14.1. The molecule has 0 fully saturated rings. The predicted octanol–water partition coefficient (Wildman–Crippen LogP) is 5.44. The van der Waals surface area contributed by atoms with Crippen molar-refractivity contribution < 1.29 is 13.9 Å². The Morgan fingerprint density at radius 3 is 2.57 bits per heavy atom. The molecule has 2 unspecified atom stereocenters. The zero-order chi connectivity index (χ0) is 24.4. The SMILES string of the molecule is CC(Sc1nnc(COc2ccccc2F)n1-c1ccccc1)C(=O)N1c2ccccc2CC1C. The zero-order valence-corrected chi connectivity index (χ0v) is 20.3. The first-order chi connectivity index (χ1) is 17.0. The highest BCUT2D eigenvalue weighted by molar-refractivity contribution is 8.00. The molecular weight excluding hydrogens is 463 g/mol. The van der Waals surface area contributed by atoms with E-state index in [2.05, 4.69) is 23.2 Å². The molecule has 0 spiro atoms. The minimum atomic E-state index is -0.438. The largest absolute Gasteiger partial charge is 0.483 e. The standard InChI is InChI=1S/C27H25FN4O2S/c1-18-16-20-10-6-8-14-23(20)31(18)26(33)19(2)35-27-30-29-25(32(27)21-11-4-3-5-12-21)17-34-24-15-9-7-13-22(24)28/h3-15,18-19H,16-17H2,1-2H3. The Bertz CT molecular complexity index is 1340. The van der Waals surface area contributed by atoms with Gasteiger partial charge in [0, 0.05) is 17.4 Å². The fourth-order valence-corrected chi connectivity index (χ4v) is 5.25. The molecule has 1 aliphatic heterocycles. The third-order valence-electron chi connectivity index (χ3n) is 5.98. The van der Waals surface area contributed by atoms with Gasteiger partial charge in [-0.05, 0) is 56.2 Å². The average molecular weight is 489 g/mol. The molecule has 0 saturated heterocycles. The van der Waals surface area contributed by atoms with E-state index in [1.807, 2.05) is 64.9 Å². The molecule has 1 aromatic heterocycles. The van der Waals surface area contributed by atoms with Crippen molar-refractivity contribution in [2.75, 3.05) is 4.90 Å². The Kier molecular flexibility index (Phi) is 6.55. The number of aromatic nitrogens is 3. The van der Waals surface area contributed by atoms with Gasteiger partial charge in [0.2, 0.25) is 5.91 Å². The molecule has 178 valence electrons. The fourth-order valence-electron chi connectivity index (χ4n) is 4.32. The van der Waals surface area contributed by atoms with E-state index in [9.17, 15) is 9.18 Å². The summed E-state index contributed by atoms with van der Waals surface area (Å²) >= 11 is 1.35. The molecular formula is C27H25FN4O2S. The molecule has 2 atom stereocenters. The van der Waals surface area contributed by atoms with Gasteiger partial charge in [-0.2, -0.15) is 0 Å². The molecule has 1 amide bonds. The molecule has 8 heteroatoms. The van der Waals surface area contributed by atoms with Gasteiger partial charge in [-0.15, -0.1) is 10.2 Å². The molecule has 1 aliphatic rings. The van der Waals surface area contributed by atoms with E-state index in [-0.39, 0.29) is 24.3 Å². The minimum absolute atomic E-state index is 0.0271. The Morgan fingerprint density at radius 2 is 1.77 bits per heavy atom. The van der Waals surface area contributed by atoms with Gasteiger partial charge in [-0.3, -0.25) is 9.36 Å². The van der Waals surface area contributed by atoms with Crippen molar-refractivity contribution in [1.82, 2.24) is 14.8 Å². The van der Waals surface area contributed by atoms with E-state index in [1.165, 1.54) is 23.4 Å². The molecule has 4 aromatic rings. The van der Waals surface area contributed by atoms with Crippen molar-refractivity contribution >= 4 is 23.4 Å². The lowest BCUT2D eigenvalue weighted by Gasteiger charge is -2.25. The molecule has 6 nitrogen and oxygen atoms in total. The average Bonchev–Trinajstić information content (AvgIpc) is 3.43. The van der Waals surface area contributed by atoms with Gasteiger partial charge in [0.25, 0.3) is 0 Å². The van der Waals surface area contributed by atoms with E-state index >= 15 is 0 Å². The second-order valence-electron chi connectivity index (χ2n) is 8.44. The summed E-state index contributed by atoms with van der Waals surface area (Å²) in [5.74, 6) is 0.252. The molecule has 0 saturated carbocycles. The Morgan fingerprint density at radius 1 is 1.06 bits per heavy atom. The number of anilines is 1. The van der Waals surface area contributed by atoms with Crippen LogP contribution in [-0.4, -0.2) is 32.0 Å². The van der Waals surface area contributed by atoms with E-state index in [0.29, 0.717) is 11.0 Å². The van der Waals surface area contributed by atoms with Gasteiger partial charge in [0.15, 0.2) is 22.5 Å². The first-order valence-corrected chi connectivity index (χ1v) is 12.4. The molecule has 35 heavy (non-hydrogen) atoms. The normalized spacial score (nSPS) is 15.6. The summed E-state index contributed by atoms with van der Waals surface area (Å²) in [5.41, 5.74) is 3.00. The maximum atomic E-state index is 14.1. The van der Waals surface area contributed by atoms with Crippen LogP contribution in [0.2, 0.25) is 0 Å². The zero-order valence-electron chi connectivity index (χ0n) is 19.5. The van der Waals surface area contributed by atoms with Crippen LogP contribution in [0.4, 0.5) is 10.1 Å². The number of carbonyl (C=O) groups excluding carboxylic acids is 1. The summed E-state index contributed by atoms with van der Waals surface area (Å²) in [6.07, 6.45) is 0.844. The highest BCUT2D eigenvalue weighted by Gasteiger charge is 2.34. The van der Waals surface area contributed by atoms with E-state index in [1.54, 1.807) is 18.2 Å². The monoisotopic (exact) mass is 488 g/mol. The number of fused-ring (bicyclic) bond motifs is 1. The van der Waals surface area contributed by atoms with Crippen LogP contribution in [0, 0.1) is 5.82 Å². The highest BCUT2D eigenvalue weighted by atomic mass is 32.2. The lowest BCUT2D eigenvalue weighted by atomic mass is 10.1. The number of benzene rings is 3. The molecule has 0 radical (unpaired) electrons. The van der Waals surface area contributed by atoms with Gasteiger partial charge >= 0.3 is 0 Å². The van der Waals surface area contributed by atoms with Crippen LogP contribution in [0.5, 0.6) is 5.75 Å². The van der Waals surface area contributed by atoms with Gasteiger partial charge in [-0.1, -0.05) is 60.3 Å². The van der Waals surface area contributed by atoms with E-state index in [0.717, 1.165) is 17.8 Å². The molecule has 3 aromatic carbocycles. The predicted molar refractivity (Wildman–Crippen MR) is 135 cm³/mol. The number of nitrogens with zero attached hydrogens (tertiary/aromatic N) is 4. The third-order valence-corrected chi connectivity index (χ3v) is 7.01. The number of hydrogen-bond donors (Lipinski definition) is 0. The van der Waals surface area contributed by atoms with Gasteiger partial charge in [0.05, 0.1) is 5.25 Å². The lowest BCUT2D eigenvalue weighted by molar-refractivity contribution is -0.118. The first-order valence-electron chi connectivity index (χ1n) is 11.5. The quantitative estimate of drug-likeness (QED) is 0.324. The fraction of sp³-hybridized carbons (Fsp3) is 0.222. The topological polar surface area (TPSA) is 60.3 Å². The van der Waals surface area contributed by atoms with E-state index < -0.39 is 11.1 Å².